The van der Waals surface area contributed by atoms with Gasteiger partial charge in [-0.2, -0.15) is 0 Å². The Labute approximate surface area is 126 Å². The summed E-state index contributed by atoms with van der Waals surface area (Å²) >= 11 is 0. The van der Waals surface area contributed by atoms with Crippen LogP contribution in [0.25, 0.3) is 0 Å². The molecule has 21 heavy (non-hydrogen) atoms. The maximum absolute atomic E-state index is 12.2. The highest BCUT2D eigenvalue weighted by Gasteiger charge is 2.28. The van der Waals surface area contributed by atoms with E-state index in [0.29, 0.717) is 18.5 Å². The number of hydrogen-bond acceptors (Lipinski definition) is 4. The predicted molar refractivity (Wildman–Crippen MR) is 84.4 cm³/mol. The van der Waals surface area contributed by atoms with E-state index in [0.717, 1.165) is 17.8 Å². The molecule has 0 aliphatic carbocycles. The zero-order valence-corrected chi connectivity index (χ0v) is 13.3. The summed E-state index contributed by atoms with van der Waals surface area (Å²) in [5.74, 6) is 0.329. The Bertz CT molecular complexity index is 626. The van der Waals surface area contributed by atoms with Crippen LogP contribution in [0.15, 0.2) is 18.2 Å². The van der Waals surface area contributed by atoms with Gasteiger partial charge < -0.3 is 10.6 Å². The number of benzene rings is 1. The third-order valence-corrected chi connectivity index (χ3v) is 5.57. The molecule has 1 fully saturated rings. The molecule has 0 aromatic heterocycles. The van der Waals surface area contributed by atoms with Crippen LogP contribution in [-0.4, -0.2) is 38.9 Å². The minimum atomic E-state index is -2.89. The molecule has 0 bridgehead atoms. The van der Waals surface area contributed by atoms with Crippen molar-refractivity contribution in [2.45, 2.75) is 20.3 Å². The summed E-state index contributed by atoms with van der Waals surface area (Å²) in [7, 11) is -2.89. The van der Waals surface area contributed by atoms with E-state index in [2.05, 4.69) is 10.6 Å². The lowest BCUT2D eigenvalue weighted by Gasteiger charge is -2.12. The molecule has 1 atom stereocenters. The van der Waals surface area contributed by atoms with Gasteiger partial charge in [-0.1, -0.05) is 0 Å². The van der Waals surface area contributed by atoms with E-state index in [1.54, 1.807) is 6.07 Å². The normalized spacial score (nSPS) is 20.2. The molecule has 1 aromatic carbocycles. The largest absolute Gasteiger partial charge is 0.385 e. The Balaban J connectivity index is 1.94. The lowest BCUT2D eigenvalue weighted by Crippen LogP contribution is -2.30. The fourth-order valence-corrected chi connectivity index (χ4v) is 4.46. The van der Waals surface area contributed by atoms with Gasteiger partial charge in [0.1, 0.15) is 0 Å². The quantitative estimate of drug-likeness (QED) is 0.866. The van der Waals surface area contributed by atoms with Crippen molar-refractivity contribution in [3.63, 3.8) is 0 Å². The van der Waals surface area contributed by atoms with Gasteiger partial charge in [0, 0.05) is 24.3 Å². The van der Waals surface area contributed by atoms with Gasteiger partial charge >= 0.3 is 0 Å². The number of aryl methyl sites for hydroxylation is 1. The summed E-state index contributed by atoms with van der Waals surface area (Å²) in [4.78, 5) is 12.2. The van der Waals surface area contributed by atoms with Gasteiger partial charge in [-0.15, -0.1) is 0 Å². The predicted octanol–water partition coefficient (Wildman–Crippen LogP) is 1.59. The van der Waals surface area contributed by atoms with E-state index in [4.69, 9.17) is 0 Å². The van der Waals surface area contributed by atoms with Gasteiger partial charge in [0.2, 0.25) is 0 Å². The lowest BCUT2D eigenvalue weighted by molar-refractivity contribution is 0.0948. The highest BCUT2D eigenvalue weighted by Crippen LogP contribution is 2.18. The van der Waals surface area contributed by atoms with E-state index < -0.39 is 9.84 Å². The van der Waals surface area contributed by atoms with Gasteiger partial charge in [0.25, 0.3) is 5.91 Å². The summed E-state index contributed by atoms with van der Waals surface area (Å²) in [6, 6.07) is 5.62. The minimum Gasteiger partial charge on any atom is -0.385 e. The number of sulfone groups is 1. The van der Waals surface area contributed by atoms with Crippen LogP contribution >= 0.6 is 0 Å². The molecule has 2 rings (SSSR count). The number of hydrogen-bond donors (Lipinski definition) is 2. The Morgan fingerprint density at radius 1 is 1.38 bits per heavy atom. The molecule has 1 saturated heterocycles. The van der Waals surface area contributed by atoms with Crippen molar-refractivity contribution in [2.75, 3.05) is 29.9 Å². The molecule has 0 radical (unpaired) electrons. The lowest BCUT2D eigenvalue weighted by atomic mass is 10.1. The number of anilines is 1. The molecule has 1 unspecified atom stereocenters. The van der Waals surface area contributed by atoms with Crippen LogP contribution < -0.4 is 10.6 Å². The smallest absolute Gasteiger partial charge is 0.251 e. The topological polar surface area (TPSA) is 75.3 Å². The first-order valence-electron chi connectivity index (χ1n) is 7.24. The first-order valence-corrected chi connectivity index (χ1v) is 9.06. The minimum absolute atomic E-state index is 0.0419. The van der Waals surface area contributed by atoms with E-state index in [1.807, 2.05) is 26.0 Å². The van der Waals surface area contributed by atoms with E-state index in [9.17, 15) is 13.2 Å². The number of carbonyl (C=O) groups excluding carboxylic acids is 1. The fourth-order valence-electron chi connectivity index (χ4n) is 2.60. The van der Waals surface area contributed by atoms with Gasteiger partial charge in [0.15, 0.2) is 9.84 Å². The zero-order chi connectivity index (χ0) is 15.5. The van der Waals surface area contributed by atoms with Gasteiger partial charge in [-0.25, -0.2) is 8.42 Å². The molecule has 0 spiro atoms. The Kier molecular flexibility index (Phi) is 4.88. The maximum atomic E-state index is 12.2. The third kappa shape index (κ3) is 4.20. The van der Waals surface area contributed by atoms with Crippen molar-refractivity contribution in [1.29, 1.82) is 0 Å². The summed E-state index contributed by atoms with van der Waals surface area (Å²) in [5, 5.41) is 6.05. The average molecular weight is 310 g/mol. The molecule has 5 nitrogen and oxygen atoms in total. The third-order valence-electron chi connectivity index (χ3n) is 3.73. The maximum Gasteiger partial charge on any atom is 0.251 e. The number of amides is 1. The number of carbonyl (C=O) groups is 1. The fraction of sp³-hybridized carbons (Fsp3) is 0.533. The molecule has 116 valence electrons. The van der Waals surface area contributed by atoms with Crippen LogP contribution in [0, 0.1) is 12.8 Å². The summed E-state index contributed by atoms with van der Waals surface area (Å²) < 4.78 is 22.8. The van der Waals surface area contributed by atoms with Crippen molar-refractivity contribution in [2.24, 2.45) is 5.92 Å². The van der Waals surface area contributed by atoms with Crippen LogP contribution in [0.1, 0.15) is 29.3 Å². The monoisotopic (exact) mass is 310 g/mol. The molecule has 1 heterocycles. The van der Waals surface area contributed by atoms with E-state index in [-0.39, 0.29) is 23.3 Å². The van der Waals surface area contributed by atoms with Gasteiger partial charge in [0.05, 0.1) is 11.5 Å². The van der Waals surface area contributed by atoms with Crippen LogP contribution in [-0.2, 0) is 9.84 Å². The standard InChI is InChI=1S/C15H22N2O3S/c1-3-16-13-4-5-14(11(2)8-13)15(18)17-9-12-6-7-21(19,20)10-12/h4-5,8,12,16H,3,6-7,9-10H2,1-2H3,(H,17,18). The van der Waals surface area contributed by atoms with E-state index >= 15 is 0 Å². The second kappa shape index (κ2) is 6.47. The van der Waals surface area contributed by atoms with E-state index in [1.165, 1.54) is 0 Å². The van der Waals surface area contributed by atoms with Gasteiger partial charge in [-0.3, -0.25) is 4.79 Å². The number of nitrogens with one attached hydrogen (secondary N) is 2. The Morgan fingerprint density at radius 3 is 2.71 bits per heavy atom. The van der Waals surface area contributed by atoms with Crippen LogP contribution in [0.4, 0.5) is 5.69 Å². The second-order valence-corrected chi connectivity index (χ2v) is 7.77. The van der Waals surface area contributed by atoms with Crippen LogP contribution in [0.3, 0.4) is 0 Å². The molecule has 0 saturated carbocycles. The summed E-state index contributed by atoms with van der Waals surface area (Å²) in [6.45, 7) is 5.18. The van der Waals surface area contributed by atoms with Gasteiger partial charge in [-0.05, 0) is 49.9 Å². The Hall–Kier alpha value is -1.56. The first-order chi connectivity index (χ1) is 9.91. The average Bonchev–Trinajstić information content (AvgIpc) is 2.76. The summed E-state index contributed by atoms with van der Waals surface area (Å²) in [6.07, 6.45) is 0.640. The van der Waals surface area contributed by atoms with Crippen LogP contribution in [0.5, 0.6) is 0 Å². The first kappa shape index (κ1) is 15.8. The zero-order valence-electron chi connectivity index (χ0n) is 12.5. The van der Waals surface area contributed by atoms with Crippen molar-refractivity contribution in [3.8, 4) is 0 Å². The summed E-state index contributed by atoms with van der Waals surface area (Å²) in [5.41, 5.74) is 2.54. The highest BCUT2D eigenvalue weighted by molar-refractivity contribution is 7.91. The molecular formula is C15H22N2O3S. The van der Waals surface area contributed by atoms with Crippen molar-refractivity contribution < 1.29 is 13.2 Å². The molecule has 1 aliphatic rings. The Morgan fingerprint density at radius 2 is 2.14 bits per heavy atom. The second-order valence-electron chi connectivity index (χ2n) is 5.54. The molecule has 2 N–H and O–H groups in total. The molecule has 1 aromatic rings. The van der Waals surface area contributed by atoms with Crippen molar-refractivity contribution in [3.05, 3.63) is 29.3 Å². The van der Waals surface area contributed by atoms with Crippen molar-refractivity contribution >= 4 is 21.4 Å². The molecule has 6 heteroatoms. The SMILES string of the molecule is CCNc1ccc(C(=O)NCC2CCS(=O)(=O)C2)c(C)c1. The van der Waals surface area contributed by atoms with Crippen molar-refractivity contribution in [1.82, 2.24) is 5.32 Å². The highest BCUT2D eigenvalue weighted by atomic mass is 32.2. The molecule has 1 aliphatic heterocycles. The number of rotatable bonds is 5. The molecule has 1 amide bonds. The molecular weight excluding hydrogens is 288 g/mol. The van der Waals surface area contributed by atoms with Crippen LogP contribution in [0.2, 0.25) is 0 Å².